The lowest BCUT2D eigenvalue weighted by Crippen LogP contribution is -2.26. The van der Waals surface area contributed by atoms with Crippen LogP contribution in [0.15, 0.2) is 41.1 Å². The number of hydrogen-bond donors (Lipinski definition) is 2. The van der Waals surface area contributed by atoms with Crippen LogP contribution < -0.4 is 5.73 Å². The van der Waals surface area contributed by atoms with Gasteiger partial charge in [0.15, 0.2) is 0 Å². The van der Waals surface area contributed by atoms with E-state index in [1.54, 1.807) is 0 Å². The molecule has 0 unspecified atom stereocenters. The number of aromatic amines is 1. The van der Waals surface area contributed by atoms with Crippen molar-refractivity contribution in [1.29, 1.82) is 0 Å². The Bertz CT molecular complexity index is 1190. The third-order valence-corrected chi connectivity index (χ3v) is 5.53. The number of nitrogens with zero attached hydrogens (tertiary/aromatic N) is 3. The van der Waals surface area contributed by atoms with Gasteiger partial charge in [0.2, 0.25) is 12.3 Å². The lowest BCUT2D eigenvalue weighted by Gasteiger charge is -2.25. The number of H-pyrrole nitrogens is 1. The van der Waals surface area contributed by atoms with Gasteiger partial charge in [0.1, 0.15) is 11.4 Å². The molecule has 4 aromatic rings. The van der Waals surface area contributed by atoms with Crippen LogP contribution in [0.25, 0.3) is 33.6 Å². The molecular formula is C23H25N5O2. The molecule has 154 valence electrons. The Morgan fingerprint density at radius 1 is 1.20 bits per heavy atom. The Balaban J connectivity index is 0.000000687. The Labute approximate surface area is 174 Å². The van der Waals surface area contributed by atoms with Gasteiger partial charge in [0, 0.05) is 36.4 Å². The molecule has 5 rings (SSSR count). The number of hydrogen-bond acceptors (Lipinski definition) is 5. The quantitative estimate of drug-likeness (QED) is 0.498. The number of fused-ring (bicyclic) bond motifs is 2. The van der Waals surface area contributed by atoms with Crippen molar-refractivity contribution in [3.63, 3.8) is 0 Å². The maximum atomic E-state index is 8.58. The van der Waals surface area contributed by atoms with Crippen molar-refractivity contribution in [3.05, 3.63) is 59.2 Å². The Morgan fingerprint density at radius 2 is 2.00 bits per heavy atom. The molecule has 4 heterocycles. The molecule has 0 bridgehead atoms. The van der Waals surface area contributed by atoms with Crippen molar-refractivity contribution in [2.45, 2.75) is 26.8 Å². The minimum atomic E-state index is 0.250. The predicted molar refractivity (Wildman–Crippen MR) is 117 cm³/mol. The average molecular weight is 403 g/mol. The van der Waals surface area contributed by atoms with Crippen molar-refractivity contribution in [2.75, 3.05) is 13.6 Å². The van der Waals surface area contributed by atoms with Crippen LogP contribution >= 0.6 is 0 Å². The van der Waals surface area contributed by atoms with Crippen LogP contribution in [0.1, 0.15) is 22.6 Å². The third kappa shape index (κ3) is 3.71. The van der Waals surface area contributed by atoms with Gasteiger partial charge < -0.3 is 20.0 Å². The number of primary amides is 1. The normalized spacial score (nSPS) is 13.6. The zero-order chi connectivity index (χ0) is 21.3. The number of aryl methyl sites for hydroxylation is 2. The number of benzene rings is 1. The highest BCUT2D eigenvalue weighted by Gasteiger charge is 2.16. The van der Waals surface area contributed by atoms with E-state index in [-0.39, 0.29) is 6.41 Å². The number of carbonyl (C=O) groups excluding carboxylic acids is 1. The number of carbonyl (C=O) groups is 1. The van der Waals surface area contributed by atoms with E-state index in [1.807, 2.05) is 26.2 Å². The summed E-state index contributed by atoms with van der Waals surface area (Å²) in [6.07, 6.45) is 5.23. The lowest BCUT2D eigenvalue weighted by molar-refractivity contribution is -0.106. The van der Waals surface area contributed by atoms with E-state index in [9.17, 15) is 0 Å². The van der Waals surface area contributed by atoms with Gasteiger partial charge in [0.25, 0.3) is 0 Å². The topological polar surface area (TPSA) is 101 Å². The van der Waals surface area contributed by atoms with Crippen LogP contribution in [0.2, 0.25) is 0 Å². The van der Waals surface area contributed by atoms with Crippen molar-refractivity contribution in [1.82, 2.24) is 19.9 Å². The van der Waals surface area contributed by atoms with Gasteiger partial charge in [-0.2, -0.15) is 0 Å². The third-order valence-electron chi connectivity index (χ3n) is 5.53. The predicted octanol–water partition coefficient (Wildman–Crippen LogP) is 3.59. The van der Waals surface area contributed by atoms with Gasteiger partial charge in [-0.1, -0.05) is 12.1 Å². The molecular weight excluding hydrogens is 378 g/mol. The number of nitrogens with one attached hydrogen (secondary N) is 1. The maximum absolute atomic E-state index is 8.58. The van der Waals surface area contributed by atoms with Crippen LogP contribution in [0.5, 0.6) is 0 Å². The number of amides is 1. The molecule has 0 saturated carbocycles. The summed E-state index contributed by atoms with van der Waals surface area (Å²) >= 11 is 0. The van der Waals surface area contributed by atoms with E-state index in [4.69, 9.17) is 9.21 Å². The number of oxazole rings is 1. The molecule has 1 aromatic carbocycles. The minimum Gasteiger partial charge on any atom is -0.441 e. The second-order valence-electron chi connectivity index (χ2n) is 7.59. The van der Waals surface area contributed by atoms with E-state index in [0.29, 0.717) is 5.89 Å². The van der Waals surface area contributed by atoms with Gasteiger partial charge in [-0.05, 0) is 56.1 Å². The summed E-state index contributed by atoms with van der Waals surface area (Å²) in [4.78, 5) is 23.4. The highest BCUT2D eigenvalue weighted by atomic mass is 16.4. The summed E-state index contributed by atoms with van der Waals surface area (Å²) in [6, 6.07) is 8.95. The molecule has 0 radical (unpaired) electrons. The molecule has 1 amide bonds. The smallest absolute Gasteiger partial charge is 0.228 e. The number of pyridine rings is 1. The molecule has 1 aliphatic heterocycles. The van der Waals surface area contributed by atoms with Gasteiger partial charge >= 0.3 is 0 Å². The maximum Gasteiger partial charge on any atom is 0.228 e. The molecule has 0 spiro atoms. The summed E-state index contributed by atoms with van der Waals surface area (Å²) in [5, 5.41) is 1.03. The molecule has 0 atom stereocenters. The number of nitrogens with two attached hydrogens (primary N) is 1. The van der Waals surface area contributed by atoms with E-state index in [0.717, 1.165) is 53.1 Å². The van der Waals surface area contributed by atoms with Crippen molar-refractivity contribution in [2.24, 2.45) is 5.73 Å². The molecule has 7 heteroatoms. The fourth-order valence-electron chi connectivity index (χ4n) is 3.80. The zero-order valence-corrected chi connectivity index (χ0v) is 17.4. The second-order valence-corrected chi connectivity index (χ2v) is 7.59. The molecule has 7 nitrogen and oxygen atoms in total. The summed E-state index contributed by atoms with van der Waals surface area (Å²) < 4.78 is 5.83. The van der Waals surface area contributed by atoms with Crippen molar-refractivity contribution >= 4 is 17.4 Å². The summed E-state index contributed by atoms with van der Waals surface area (Å²) in [6.45, 7) is 6.03. The second kappa shape index (κ2) is 8.12. The van der Waals surface area contributed by atoms with Crippen LogP contribution in [-0.2, 0) is 17.8 Å². The molecule has 0 fully saturated rings. The first-order chi connectivity index (χ1) is 14.5. The molecule has 3 N–H and O–H groups in total. The standard InChI is InChI=1S/C22H22N4O.CH3NO/c1-13-14(2)27-22(25-13)20-11-24-21-19(20)9-17(10-23-21)16-5-4-15-6-7-26(3)12-18(15)8-16;2-1-3/h4-5,8-11H,6-7,12H2,1-3H3,(H,23,24);1H,(H2,2,3). The Hall–Kier alpha value is -3.45. The number of aromatic nitrogens is 3. The Kier molecular flexibility index (Phi) is 5.37. The summed E-state index contributed by atoms with van der Waals surface area (Å²) in [7, 11) is 2.18. The van der Waals surface area contributed by atoms with Crippen LogP contribution in [0, 0.1) is 13.8 Å². The van der Waals surface area contributed by atoms with Gasteiger partial charge in [-0.3, -0.25) is 4.79 Å². The molecule has 3 aromatic heterocycles. The Morgan fingerprint density at radius 3 is 2.73 bits per heavy atom. The largest absolute Gasteiger partial charge is 0.441 e. The minimum absolute atomic E-state index is 0.250. The fraction of sp³-hybridized carbons (Fsp3) is 0.261. The first-order valence-electron chi connectivity index (χ1n) is 9.87. The van der Waals surface area contributed by atoms with Crippen molar-refractivity contribution in [3.8, 4) is 22.6 Å². The van der Waals surface area contributed by atoms with Crippen molar-refractivity contribution < 1.29 is 9.21 Å². The average Bonchev–Trinajstić information content (AvgIpc) is 3.30. The molecule has 0 saturated heterocycles. The van der Waals surface area contributed by atoms with E-state index >= 15 is 0 Å². The van der Waals surface area contributed by atoms with Gasteiger partial charge in [-0.25, -0.2) is 9.97 Å². The highest BCUT2D eigenvalue weighted by molar-refractivity contribution is 5.93. The highest BCUT2D eigenvalue weighted by Crippen LogP contribution is 2.32. The number of rotatable bonds is 2. The number of likely N-dealkylation sites (N-methyl/N-ethyl adjacent to an activating group) is 1. The first-order valence-corrected chi connectivity index (χ1v) is 9.87. The van der Waals surface area contributed by atoms with E-state index in [1.165, 1.54) is 16.7 Å². The van der Waals surface area contributed by atoms with Gasteiger partial charge in [0.05, 0.1) is 11.3 Å². The van der Waals surface area contributed by atoms with Crippen LogP contribution in [0.3, 0.4) is 0 Å². The van der Waals surface area contributed by atoms with Crippen LogP contribution in [-0.4, -0.2) is 39.9 Å². The summed E-state index contributed by atoms with van der Waals surface area (Å²) in [5.74, 6) is 1.49. The van der Waals surface area contributed by atoms with Gasteiger partial charge in [-0.15, -0.1) is 0 Å². The first kappa shape index (κ1) is 19.8. The van der Waals surface area contributed by atoms with E-state index in [2.05, 4.69) is 56.9 Å². The lowest BCUT2D eigenvalue weighted by atomic mass is 9.95. The van der Waals surface area contributed by atoms with Crippen LogP contribution in [0.4, 0.5) is 0 Å². The molecule has 1 aliphatic rings. The molecule has 30 heavy (non-hydrogen) atoms. The SMILES string of the molecule is Cc1nc(-c2c[nH]c3ncc(-c4ccc5c(c4)CN(C)CC5)cc23)oc1C.NC=O. The van der Waals surface area contributed by atoms with E-state index < -0.39 is 0 Å². The fourth-order valence-corrected chi connectivity index (χ4v) is 3.80. The molecule has 0 aliphatic carbocycles. The zero-order valence-electron chi connectivity index (χ0n) is 17.4. The monoisotopic (exact) mass is 403 g/mol. The summed E-state index contributed by atoms with van der Waals surface area (Å²) in [5.41, 5.74) is 12.1.